The molecule has 4 aromatic rings. The van der Waals surface area contributed by atoms with Crippen molar-refractivity contribution < 1.29 is 33.7 Å². The van der Waals surface area contributed by atoms with Gasteiger partial charge in [-0.05, 0) is 47.5 Å². The molecule has 0 heterocycles. The van der Waals surface area contributed by atoms with Crippen LogP contribution in [0.15, 0.2) is 84.9 Å². The van der Waals surface area contributed by atoms with Crippen LogP contribution < -0.4 is 20.1 Å². The molecule has 224 valence electrons. The molecule has 0 saturated carbocycles. The highest BCUT2D eigenvalue weighted by Crippen LogP contribution is 2.30. The van der Waals surface area contributed by atoms with Crippen molar-refractivity contribution in [2.75, 3.05) is 10.6 Å². The minimum absolute atomic E-state index is 0.0172. The van der Waals surface area contributed by atoms with Crippen molar-refractivity contribution in [3.8, 4) is 11.5 Å². The van der Waals surface area contributed by atoms with Gasteiger partial charge in [-0.25, -0.2) is 4.79 Å². The van der Waals surface area contributed by atoms with Gasteiger partial charge in [0.15, 0.2) is 0 Å². The maximum Gasteiger partial charge on any atom is 0.519 e. The van der Waals surface area contributed by atoms with Crippen molar-refractivity contribution in [2.45, 2.75) is 26.7 Å². The highest BCUT2D eigenvalue weighted by molar-refractivity contribution is 5.89. The summed E-state index contributed by atoms with van der Waals surface area (Å²) >= 11 is 0. The zero-order chi connectivity index (χ0) is 31.8. The number of anilines is 2. The predicted molar refractivity (Wildman–Crippen MR) is 160 cm³/mol. The quantitative estimate of drug-likeness (QED) is 0.0932. The maximum absolute atomic E-state index is 12.9. The molecule has 0 saturated heterocycles. The highest BCUT2D eigenvalue weighted by atomic mass is 16.7. The summed E-state index contributed by atoms with van der Waals surface area (Å²) in [6, 6.07) is 21.1. The SMILES string of the molecule is CC(=O)Nc1ccc(Cc2cc([N+](=O)[O-])ccc2OC(=O)Oc2ccc([N+](=O)[O-])cc2Cc2ccc(NC(C)=O)cc2)cc1. The first-order valence-corrected chi connectivity index (χ1v) is 13.1. The lowest BCUT2D eigenvalue weighted by Gasteiger charge is -2.13. The van der Waals surface area contributed by atoms with Crippen LogP contribution in [-0.4, -0.2) is 27.8 Å². The van der Waals surface area contributed by atoms with Gasteiger partial charge in [0, 0.05) is 73.5 Å². The summed E-state index contributed by atoms with van der Waals surface area (Å²) in [5.74, 6) is -0.435. The molecule has 0 unspecified atom stereocenters. The number of nitrogens with zero attached hydrogens (tertiary/aromatic N) is 2. The molecule has 4 aromatic carbocycles. The molecule has 2 N–H and O–H groups in total. The van der Waals surface area contributed by atoms with Gasteiger partial charge in [0.2, 0.25) is 11.8 Å². The number of nitrogens with one attached hydrogen (secondary N) is 2. The molecule has 0 aliphatic rings. The second kappa shape index (κ2) is 13.7. The molecular formula is C31H26N4O9. The Labute approximate surface area is 250 Å². The Morgan fingerprint density at radius 1 is 0.614 bits per heavy atom. The largest absolute Gasteiger partial charge is 0.519 e. The molecule has 13 nitrogen and oxygen atoms in total. The van der Waals surface area contributed by atoms with Crippen LogP contribution in [0.25, 0.3) is 0 Å². The third kappa shape index (κ3) is 8.45. The van der Waals surface area contributed by atoms with Crippen LogP contribution >= 0.6 is 0 Å². The smallest absolute Gasteiger partial charge is 0.394 e. The average Bonchev–Trinajstić information content (AvgIpc) is 2.96. The van der Waals surface area contributed by atoms with Crippen molar-refractivity contribution in [3.05, 3.63) is 127 Å². The van der Waals surface area contributed by atoms with E-state index in [1.165, 1.54) is 50.2 Å². The lowest BCUT2D eigenvalue weighted by atomic mass is 10.0. The standard InChI is InChI=1S/C31H26N4O9/c1-19(36)32-25-7-3-21(4-8-25)15-23-17-27(34(39)40)11-13-29(23)43-31(38)44-30-14-12-28(35(41)42)18-24(30)16-22-5-9-26(10-6-22)33-20(2)37/h3-14,17-18H,15-16H2,1-2H3,(H,32,36)(H,33,37). The zero-order valence-electron chi connectivity index (χ0n) is 23.6. The molecule has 0 fully saturated rings. The number of amides is 2. The number of carbonyl (C=O) groups excluding carboxylic acids is 3. The fourth-order valence-electron chi connectivity index (χ4n) is 4.29. The van der Waals surface area contributed by atoms with E-state index in [1.54, 1.807) is 48.5 Å². The predicted octanol–water partition coefficient (Wildman–Crippen LogP) is 6.18. The van der Waals surface area contributed by atoms with E-state index < -0.39 is 16.0 Å². The number of rotatable bonds is 10. The summed E-state index contributed by atoms with van der Waals surface area (Å²) in [4.78, 5) is 57.2. The first kappa shape index (κ1) is 30.8. The molecule has 0 bridgehead atoms. The summed E-state index contributed by atoms with van der Waals surface area (Å²) < 4.78 is 10.9. The fourth-order valence-corrected chi connectivity index (χ4v) is 4.29. The van der Waals surface area contributed by atoms with Crippen molar-refractivity contribution in [1.82, 2.24) is 0 Å². The number of non-ortho nitro benzene ring substituents is 2. The summed E-state index contributed by atoms with van der Waals surface area (Å²) in [6.45, 7) is 2.76. The number of carbonyl (C=O) groups is 3. The zero-order valence-corrected chi connectivity index (χ0v) is 23.6. The molecule has 0 aliphatic carbocycles. The van der Waals surface area contributed by atoms with E-state index >= 15 is 0 Å². The van der Waals surface area contributed by atoms with Gasteiger partial charge in [-0.1, -0.05) is 24.3 Å². The Hall–Kier alpha value is -6.11. The van der Waals surface area contributed by atoms with Gasteiger partial charge in [0.25, 0.3) is 11.4 Å². The van der Waals surface area contributed by atoms with Gasteiger partial charge in [-0.15, -0.1) is 0 Å². The summed E-state index contributed by atoms with van der Waals surface area (Å²) in [5, 5.41) is 28.2. The Balaban J connectivity index is 1.56. The number of nitro benzene ring substituents is 2. The van der Waals surface area contributed by atoms with Crippen LogP contribution in [0.3, 0.4) is 0 Å². The first-order chi connectivity index (χ1) is 21.0. The van der Waals surface area contributed by atoms with E-state index in [-0.39, 0.29) is 47.5 Å². The number of hydrogen-bond acceptors (Lipinski definition) is 9. The van der Waals surface area contributed by atoms with Crippen LogP contribution in [0.2, 0.25) is 0 Å². The lowest BCUT2D eigenvalue weighted by Crippen LogP contribution is -2.16. The van der Waals surface area contributed by atoms with Gasteiger partial charge in [0.1, 0.15) is 11.5 Å². The molecule has 4 rings (SSSR count). The van der Waals surface area contributed by atoms with Gasteiger partial charge in [0.05, 0.1) is 9.85 Å². The van der Waals surface area contributed by atoms with Crippen molar-refractivity contribution in [2.24, 2.45) is 0 Å². The van der Waals surface area contributed by atoms with Crippen LogP contribution in [0.4, 0.5) is 27.5 Å². The second-order valence-electron chi connectivity index (χ2n) is 9.66. The van der Waals surface area contributed by atoms with Gasteiger partial charge in [-0.3, -0.25) is 29.8 Å². The van der Waals surface area contributed by atoms with E-state index in [4.69, 9.17) is 9.47 Å². The number of benzene rings is 4. The second-order valence-corrected chi connectivity index (χ2v) is 9.66. The number of ether oxygens (including phenoxy) is 2. The van der Waals surface area contributed by atoms with Crippen LogP contribution in [0, 0.1) is 20.2 Å². The van der Waals surface area contributed by atoms with Crippen LogP contribution in [0.5, 0.6) is 11.5 Å². The fraction of sp³-hybridized carbons (Fsp3) is 0.129. The molecule has 0 aromatic heterocycles. The Morgan fingerprint density at radius 2 is 0.977 bits per heavy atom. The molecule has 0 radical (unpaired) electrons. The number of nitro groups is 2. The van der Waals surface area contributed by atoms with E-state index in [1.807, 2.05) is 0 Å². The molecule has 0 aliphatic heterocycles. The topological polar surface area (TPSA) is 180 Å². The molecule has 44 heavy (non-hydrogen) atoms. The Bertz CT molecular complexity index is 1610. The van der Waals surface area contributed by atoms with Gasteiger partial charge < -0.3 is 20.1 Å². The normalized spacial score (nSPS) is 10.4. The van der Waals surface area contributed by atoms with Crippen molar-refractivity contribution in [3.63, 3.8) is 0 Å². The van der Waals surface area contributed by atoms with Crippen molar-refractivity contribution >= 4 is 40.7 Å². The minimum atomic E-state index is -1.16. The monoisotopic (exact) mass is 598 g/mol. The molecule has 0 atom stereocenters. The first-order valence-electron chi connectivity index (χ1n) is 13.1. The third-order valence-electron chi connectivity index (χ3n) is 6.23. The van der Waals surface area contributed by atoms with E-state index in [9.17, 15) is 34.6 Å². The number of hydrogen-bond donors (Lipinski definition) is 2. The van der Waals surface area contributed by atoms with Gasteiger partial charge in [-0.2, -0.15) is 0 Å². The van der Waals surface area contributed by atoms with E-state index in [2.05, 4.69) is 10.6 Å². The molecular weight excluding hydrogens is 572 g/mol. The van der Waals surface area contributed by atoms with Crippen LogP contribution in [-0.2, 0) is 22.4 Å². The molecule has 0 spiro atoms. The summed E-state index contributed by atoms with van der Waals surface area (Å²) in [6.07, 6.45) is -0.846. The van der Waals surface area contributed by atoms with E-state index in [0.29, 0.717) is 22.5 Å². The minimum Gasteiger partial charge on any atom is -0.394 e. The average molecular weight is 599 g/mol. The Morgan fingerprint density at radius 3 is 1.30 bits per heavy atom. The Kier molecular flexibility index (Phi) is 9.60. The third-order valence-corrected chi connectivity index (χ3v) is 6.23. The molecule has 13 heteroatoms. The van der Waals surface area contributed by atoms with Crippen LogP contribution in [0.1, 0.15) is 36.1 Å². The lowest BCUT2D eigenvalue weighted by molar-refractivity contribution is -0.385. The molecule has 2 amide bonds. The summed E-state index contributed by atoms with van der Waals surface area (Å²) in [5.41, 5.74) is 2.82. The maximum atomic E-state index is 12.9. The van der Waals surface area contributed by atoms with Crippen molar-refractivity contribution in [1.29, 1.82) is 0 Å². The van der Waals surface area contributed by atoms with Gasteiger partial charge >= 0.3 is 6.16 Å². The van der Waals surface area contributed by atoms with E-state index in [0.717, 1.165) is 11.1 Å². The highest BCUT2D eigenvalue weighted by Gasteiger charge is 2.19. The summed E-state index contributed by atoms with van der Waals surface area (Å²) in [7, 11) is 0.